The Morgan fingerprint density at radius 3 is 2.75 bits per heavy atom. The summed E-state index contributed by atoms with van der Waals surface area (Å²) in [6, 6.07) is 7.92. The Morgan fingerprint density at radius 2 is 1.96 bits per heavy atom. The first kappa shape index (κ1) is 15.4. The highest BCUT2D eigenvalue weighted by molar-refractivity contribution is 6.29. The second-order valence-corrected chi connectivity index (χ2v) is 6.54. The molecule has 1 saturated carbocycles. The van der Waals surface area contributed by atoms with Crippen LogP contribution in [0.2, 0.25) is 5.15 Å². The predicted octanol–water partition coefficient (Wildman–Crippen LogP) is 3.16. The van der Waals surface area contributed by atoms with Crippen molar-refractivity contribution in [3.05, 3.63) is 41.8 Å². The van der Waals surface area contributed by atoms with Gasteiger partial charge < -0.3 is 10.4 Å². The number of aliphatic hydroxyl groups is 1. The second kappa shape index (κ2) is 6.37. The Hall–Kier alpha value is -2.18. The van der Waals surface area contributed by atoms with Gasteiger partial charge in [-0.15, -0.1) is 5.10 Å². The van der Waals surface area contributed by atoms with Gasteiger partial charge in [0, 0.05) is 17.8 Å². The molecule has 0 amide bonds. The summed E-state index contributed by atoms with van der Waals surface area (Å²) in [5.41, 5.74) is 2.58. The van der Waals surface area contributed by atoms with Crippen LogP contribution in [0.3, 0.4) is 0 Å². The summed E-state index contributed by atoms with van der Waals surface area (Å²) < 4.78 is 1.81. The molecule has 0 radical (unpaired) electrons. The van der Waals surface area contributed by atoms with Crippen LogP contribution >= 0.6 is 11.6 Å². The molecule has 1 fully saturated rings. The fourth-order valence-corrected chi connectivity index (χ4v) is 3.31. The molecule has 2 N–H and O–H groups in total. The number of aliphatic hydroxyl groups excluding tert-OH is 1. The molecule has 0 saturated heterocycles. The van der Waals surface area contributed by atoms with E-state index < -0.39 is 0 Å². The molecule has 0 atom stereocenters. The standard InChI is InChI=1S/C17H18ClN5O/c18-15-9-11(7-8-19-15)14-10-20-17-6-5-16(22-23(14)17)21-12-1-3-13(24)4-2-12/h5-10,12-13,24H,1-4H2,(H,21,22)/t12-,13-. The van der Waals surface area contributed by atoms with E-state index in [2.05, 4.69) is 20.4 Å². The van der Waals surface area contributed by atoms with Gasteiger partial charge in [-0.25, -0.2) is 14.5 Å². The minimum atomic E-state index is -0.157. The van der Waals surface area contributed by atoms with Crippen molar-refractivity contribution >= 4 is 23.1 Å². The summed E-state index contributed by atoms with van der Waals surface area (Å²) in [5, 5.41) is 18.2. The maximum absolute atomic E-state index is 9.62. The Bertz CT molecular complexity index is 857. The van der Waals surface area contributed by atoms with E-state index in [1.807, 2.05) is 22.7 Å². The number of hydrogen-bond acceptors (Lipinski definition) is 5. The molecule has 3 aromatic heterocycles. The fourth-order valence-electron chi connectivity index (χ4n) is 3.14. The predicted molar refractivity (Wildman–Crippen MR) is 93.1 cm³/mol. The van der Waals surface area contributed by atoms with Crippen LogP contribution < -0.4 is 5.32 Å². The zero-order chi connectivity index (χ0) is 16.5. The van der Waals surface area contributed by atoms with Crippen molar-refractivity contribution in [1.82, 2.24) is 19.6 Å². The number of halogens is 1. The first-order valence-corrected chi connectivity index (χ1v) is 8.48. The van der Waals surface area contributed by atoms with E-state index in [1.54, 1.807) is 18.5 Å². The average molecular weight is 344 g/mol. The lowest BCUT2D eigenvalue weighted by Crippen LogP contribution is -2.28. The first-order valence-electron chi connectivity index (χ1n) is 8.10. The summed E-state index contributed by atoms with van der Waals surface area (Å²) >= 11 is 5.99. The molecular formula is C17H18ClN5O. The third kappa shape index (κ3) is 3.07. The molecule has 0 aromatic carbocycles. The van der Waals surface area contributed by atoms with Crippen LogP contribution in [0.25, 0.3) is 16.9 Å². The van der Waals surface area contributed by atoms with Gasteiger partial charge in [0.15, 0.2) is 5.65 Å². The summed E-state index contributed by atoms with van der Waals surface area (Å²) in [5.74, 6) is 0.809. The van der Waals surface area contributed by atoms with Crippen LogP contribution in [0.1, 0.15) is 25.7 Å². The number of nitrogens with zero attached hydrogens (tertiary/aromatic N) is 4. The van der Waals surface area contributed by atoms with Crippen molar-refractivity contribution in [1.29, 1.82) is 0 Å². The molecule has 24 heavy (non-hydrogen) atoms. The van der Waals surface area contributed by atoms with Crippen molar-refractivity contribution in [2.24, 2.45) is 0 Å². The molecule has 6 nitrogen and oxygen atoms in total. The van der Waals surface area contributed by atoms with E-state index >= 15 is 0 Å². The largest absolute Gasteiger partial charge is 0.393 e. The second-order valence-electron chi connectivity index (χ2n) is 6.15. The summed E-state index contributed by atoms with van der Waals surface area (Å²) in [4.78, 5) is 8.41. The molecular weight excluding hydrogens is 326 g/mol. The van der Waals surface area contributed by atoms with Crippen molar-refractivity contribution < 1.29 is 5.11 Å². The molecule has 3 aromatic rings. The van der Waals surface area contributed by atoms with Gasteiger partial charge in [-0.05, 0) is 49.9 Å². The van der Waals surface area contributed by atoms with Gasteiger partial charge in [-0.2, -0.15) is 0 Å². The van der Waals surface area contributed by atoms with E-state index in [0.717, 1.165) is 48.4 Å². The molecule has 1 aliphatic rings. The van der Waals surface area contributed by atoms with E-state index in [1.165, 1.54) is 0 Å². The lowest BCUT2D eigenvalue weighted by atomic mass is 9.93. The average Bonchev–Trinajstić information content (AvgIpc) is 3.00. The third-order valence-electron chi connectivity index (χ3n) is 4.43. The molecule has 0 unspecified atom stereocenters. The number of nitrogens with one attached hydrogen (secondary N) is 1. The van der Waals surface area contributed by atoms with Gasteiger partial charge in [0.1, 0.15) is 11.0 Å². The lowest BCUT2D eigenvalue weighted by Gasteiger charge is -2.26. The highest BCUT2D eigenvalue weighted by atomic mass is 35.5. The molecule has 1 aliphatic carbocycles. The Kier molecular flexibility index (Phi) is 4.08. The van der Waals surface area contributed by atoms with Gasteiger partial charge in [-0.3, -0.25) is 0 Å². The monoisotopic (exact) mass is 343 g/mol. The van der Waals surface area contributed by atoms with Crippen molar-refractivity contribution in [2.45, 2.75) is 37.8 Å². The van der Waals surface area contributed by atoms with Crippen LogP contribution in [-0.4, -0.2) is 36.8 Å². The number of imidazole rings is 1. The van der Waals surface area contributed by atoms with Crippen LogP contribution in [0.5, 0.6) is 0 Å². The quantitative estimate of drug-likeness (QED) is 0.714. The van der Waals surface area contributed by atoms with E-state index in [4.69, 9.17) is 11.6 Å². The number of anilines is 1. The topological polar surface area (TPSA) is 75.3 Å². The number of hydrogen-bond donors (Lipinski definition) is 2. The molecule has 0 aliphatic heterocycles. The first-order chi connectivity index (χ1) is 11.7. The molecule has 7 heteroatoms. The van der Waals surface area contributed by atoms with Gasteiger partial charge in [0.25, 0.3) is 0 Å². The number of fused-ring (bicyclic) bond motifs is 1. The lowest BCUT2D eigenvalue weighted by molar-refractivity contribution is 0.126. The minimum absolute atomic E-state index is 0.157. The van der Waals surface area contributed by atoms with Crippen LogP contribution in [0.4, 0.5) is 5.82 Å². The molecule has 3 heterocycles. The van der Waals surface area contributed by atoms with Gasteiger partial charge >= 0.3 is 0 Å². The van der Waals surface area contributed by atoms with E-state index in [9.17, 15) is 5.11 Å². The number of aromatic nitrogens is 4. The smallest absolute Gasteiger partial charge is 0.154 e. The fraction of sp³-hybridized carbons (Fsp3) is 0.353. The molecule has 124 valence electrons. The minimum Gasteiger partial charge on any atom is -0.393 e. The Balaban J connectivity index is 1.63. The molecule has 0 bridgehead atoms. The third-order valence-corrected chi connectivity index (χ3v) is 4.64. The van der Waals surface area contributed by atoms with Gasteiger partial charge in [0.05, 0.1) is 18.0 Å². The normalized spacial score (nSPS) is 21.1. The Morgan fingerprint density at radius 1 is 1.12 bits per heavy atom. The van der Waals surface area contributed by atoms with E-state index in [-0.39, 0.29) is 6.10 Å². The molecule has 4 rings (SSSR count). The van der Waals surface area contributed by atoms with Crippen molar-refractivity contribution in [3.8, 4) is 11.3 Å². The van der Waals surface area contributed by atoms with Crippen LogP contribution in [0, 0.1) is 0 Å². The maximum Gasteiger partial charge on any atom is 0.154 e. The van der Waals surface area contributed by atoms with Crippen molar-refractivity contribution in [3.63, 3.8) is 0 Å². The van der Waals surface area contributed by atoms with Crippen LogP contribution in [-0.2, 0) is 0 Å². The van der Waals surface area contributed by atoms with Crippen molar-refractivity contribution in [2.75, 3.05) is 5.32 Å². The number of pyridine rings is 1. The number of rotatable bonds is 3. The SMILES string of the molecule is O[C@H]1CC[C@H](Nc2ccc3ncc(-c4ccnc(Cl)c4)n3n2)CC1. The summed E-state index contributed by atoms with van der Waals surface area (Å²) in [7, 11) is 0. The zero-order valence-corrected chi connectivity index (χ0v) is 13.8. The zero-order valence-electron chi connectivity index (χ0n) is 13.1. The Labute approximate surface area is 144 Å². The highest BCUT2D eigenvalue weighted by Crippen LogP contribution is 2.24. The molecule has 0 spiro atoms. The summed E-state index contributed by atoms with van der Waals surface area (Å²) in [6.45, 7) is 0. The van der Waals surface area contributed by atoms with E-state index in [0.29, 0.717) is 11.2 Å². The highest BCUT2D eigenvalue weighted by Gasteiger charge is 2.19. The van der Waals surface area contributed by atoms with Gasteiger partial charge in [0.2, 0.25) is 0 Å². The van der Waals surface area contributed by atoms with Crippen LogP contribution in [0.15, 0.2) is 36.7 Å². The van der Waals surface area contributed by atoms with Gasteiger partial charge in [-0.1, -0.05) is 11.6 Å². The summed E-state index contributed by atoms with van der Waals surface area (Å²) in [6.07, 6.45) is 6.89. The maximum atomic E-state index is 9.62.